The van der Waals surface area contributed by atoms with Gasteiger partial charge in [0.2, 0.25) is 0 Å². The molecule has 6 nitrogen and oxygen atoms in total. The molecule has 158 valence electrons. The average molecular weight is 574 g/mol. The number of aliphatic imine (C=N–C) groups is 1. The van der Waals surface area contributed by atoms with Crippen LogP contribution >= 0.6 is 39.9 Å². The summed E-state index contributed by atoms with van der Waals surface area (Å²) >= 11 is 3.49. The maximum Gasteiger partial charge on any atom is 0.194 e. The molecule has 0 atom stereocenters. The van der Waals surface area contributed by atoms with Crippen molar-refractivity contribution in [2.24, 2.45) is 4.99 Å². The topological polar surface area (TPSA) is 53.0 Å². The molecule has 3 rings (SSSR count). The van der Waals surface area contributed by atoms with Crippen molar-refractivity contribution in [1.29, 1.82) is 0 Å². The number of nitrogens with zero attached hydrogens (tertiary/aromatic N) is 4. The van der Waals surface area contributed by atoms with Gasteiger partial charge in [0, 0.05) is 49.5 Å². The highest BCUT2D eigenvalue weighted by Gasteiger charge is 2.16. The molecule has 8 heteroatoms. The van der Waals surface area contributed by atoms with Crippen LogP contribution in [0.25, 0.3) is 0 Å². The Morgan fingerprint density at radius 1 is 1.24 bits per heavy atom. The summed E-state index contributed by atoms with van der Waals surface area (Å²) in [6.07, 6.45) is 1.85. The molecule has 1 saturated heterocycles. The molecule has 1 aromatic heterocycles. The monoisotopic (exact) mass is 573 g/mol. The van der Waals surface area contributed by atoms with E-state index in [1.165, 1.54) is 5.56 Å². The molecule has 2 aromatic rings. The van der Waals surface area contributed by atoms with E-state index in [0.717, 1.165) is 61.2 Å². The fraction of sp³-hybridized carbons (Fsp3) is 0.429. The summed E-state index contributed by atoms with van der Waals surface area (Å²) < 4.78 is 6.56. The highest BCUT2D eigenvalue weighted by atomic mass is 127. The van der Waals surface area contributed by atoms with Crippen LogP contribution in [0.2, 0.25) is 0 Å². The highest BCUT2D eigenvalue weighted by molar-refractivity contribution is 14.0. The Morgan fingerprint density at radius 2 is 1.97 bits per heavy atom. The number of morpholine rings is 1. The summed E-state index contributed by atoms with van der Waals surface area (Å²) in [6.45, 7) is 7.54. The van der Waals surface area contributed by atoms with Crippen LogP contribution in [-0.4, -0.2) is 55.7 Å². The first kappa shape index (κ1) is 23.9. The van der Waals surface area contributed by atoms with E-state index in [4.69, 9.17) is 9.73 Å². The molecule has 0 unspecified atom stereocenters. The highest BCUT2D eigenvalue weighted by Crippen LogP contribution is 2.19. The van der Waals surface area contributed by atoms with Crippen LogP contribution in [0, 0.1) is 0 Å². The van der Waals surface area contributed by atoms with Crippen LogP contribution in [0.15, 0.2) is 52.1 Å². The molecule has 1 fully saturated rings. The lowest BCUT2D eigenvalue weighted by molar-refractivity contribution is 0.122. The van der Waals surface area contributed by atoms with Crippen molar-refractivity contribution in [3.05, 3.63) is 58.2 Å². The van der Waals surface area contributed by atoms with Gasteiger partial charge in [-0.15, -0.1) is 24.0 Å². The number of pyridine rings is 1. The number of rotatable bonds is 6. The van der Waals surface area contributed by atoms with Gasteiger partial charge < -0.3 is 19.9 Å². The summed E-state index contributed by atoms with van der Waals surface area (Å²) in [6, 6.07) is 12.5. The second-order valence-electron chi connectivity index (χ2n) is 6.74. The van der Waals surface area contributed by atoms with Crippen molar-refractivity contribution in [3.8, 4) is 0 Å². The molecule has 0 radical (unpaired) electrons. The third kappa shape index (κ3) is 7.11. The largest absolute Gasteiger partial charge is 0.378 e. The van der Waals surface area contributed by atoms with Crippen LogP contribution in [0.3, 0.4) is 0 Å². The van der Waals surface area contributed by atoms with Crippen LogP contribution < -0.4 is 10.2 Å². The molecule has 2 heterocycles. The van der Waals surface area contributed by atoms with E-state index >= 15 is 0 Å². The molecule has 1 aromatic carbocycles. The molecular weight excluding hydrogens is 545 g/mol. The zero-order chi connectivity index (χ0) is 19.8. The number of guanidine groups is 1. The minimum absolute atomic E-state index is 0. The zero-order valence-corrected chi connectivity index (χ0v) is 20.9. The first-order chi connectivity index (χ1) is 13.7. The summed E-state index contributed by atoms with van der Waals surface area (Å²) in [7, 11) is 2.07. The van der Waals surface area contributed by atoms with Crippen molar-refractivity contribution in [2.45, 2.75) is 20.0 Å². The number of aromatic nitrogens is 1. The zero-order valence-electron chi connectivity index (χ0n) is 17.0. The lowest BCUT2D eigenvalue weighted by Gasteiger charge is -2.29. The van der Waals surface area contributed by atoms with Gasteiger partial charge in [0.1, 0.15) is 5.82 Å². The number of benzene rings is 1. The number of anilines is 1. The van der Waals surface area contributed by atoms with Gasteiger partial charge in [0.25, 0.3) is 0 Å². The second kappa shape index (κ2) is 12.3. The summed E-state index contributed by atoms with van der Waals surface area (Å²) in [4.78, 5) is 13.9. The molecule has 0 aliphatic carbocycles. The van der Waals surface area contributed by atoms with Crippen LogP contribution in [0.1, 0.15) is 18.1 Å². The molecule has 0 amide bonds. The van der Waals surface area contributed by atoms with Gasteiger partial charge in [0.05, 0.1) is 19.8 Å². The van der Waals surface area contributed by atoms with Crippen LogP contribution in [0.5, 0.6) is 0 Å². The van der Waals surface area contributed by atoms with Crippen molar-refractivity contribution in [3.63, 3.8) is 0 Å². The van der Waals surface area contributed by atoms with E-state index in [0.29, 0.717) is 6.54 Å². The van der Waals surface area contributed by atoms with Crippen molar-refractivity contribution in [1.82, 2.24) is 15.2 Å². The van der Waals surface area contributed by atoms with Crippen molar-refractivity contribution in [2.75, 3.05) is 44.8 Å². The summed E-state index contributed by atoms with van der Waals surface area (Å²) in [5.74, 6) is 1.91. The first-order valence-corrected chi connectivity index (χ1v) is 10.5. The fourth-order valence-electron chi connectivity index (χ4n) is 3.18. The van der Waals surface area contributed by atoms with Gasteiger partial charge in [-0.2, -0.15) is 0 Å². The quantitative estimate of drug-likeness (QED) is 0.323. The van der Waals surface area contributed by atoms with Crippen molar-refractivity contribution < 1.29 is 4.74 Å². The maximum atomic E-state index is 5.47. The predicted octanol–water partition coefficient (Wildman–Crippen LogP) is 3.90. The lowest BCUT2D eigenvalue weighted by Crippen LogP contribution is -2.39. The molecule has 1 aliphatic heterocycles. The van der Waals surface area contributed by atoms with E-state index in [1.54, 1.807) is 0 Å². The van der Waals surface area contributed by atoms with Gasteiger partial charge in [-0.05, 0) is 30.7 Å². The van der Waals surface area contributed by atoms with Gasteiger partial charge in [-0.1, -0.05) is 34.1 Å². The Morgan fingerprint density at radius 3 is 2.66 bits per heavy atom. The lowest BCUT2D eigenvalue weighted by atomic mass is 10.2. The maximum absolute atomic E-state index is 5.47. The van der Waals surface area contributed by atoms with Gasteiger partial charge >= 0.3 is 0 Å². The molecule has 29 heavy (non-hydrogen) atoms. The van der Waals surface area contributed by atoms with E-state index in [9.17, 15) is 0 Å². The number of ether oxygens (including phenoxy) is 1. The minimum atomic E-state index is 0. The Bertz CT molecular complexity index is 781. The van der Waals surface area contributed by atoms with Gasteiger partial charge in [-0.3, -0.25) is 0 Å². The molecular formula is C21H29BrIN5O. The van der Waals surface area contributed by atoms with E-state index in [1.807, 2.05) is 12.3 Å². The number of hydrogen-bond acceptors (Lipinski definition) is 4. The number of halogens is 2. The van der Waals surface area contributed by atoms with Gasteiger partial charge in [-0.25, -0.2) is 9.98 Å². The van der Waals surface area contributed by atoms with E-state index in [2.05, 4.69) is 80.3 Å². The van der Waals surface area contributed by atoms with Crippen molar-refractivity contribution >= 4 is 51.7 Å². The summed E-state index contributed by atoms with van der Waals surface area (Å²) in [5, 5.41) is 3.40. The SMILES string of the molecule is CCNC(=NCc1cccnc1N1CCOCC1)N(C)Cc1ccc(Br)cc1.I. The third-order valence-corrected chi connectivity index (χ3v) is 5.14. The predicted molar refractivity (Wildman–Crippen MR) is 133 cm³/mol. The third-order valence-electron chi connectivity index (χ3n) is 4.61. The Balaban J connectivity index is 0.00000300. The molecule has 0 saturated carbocycles. The Hall–Kier alpha value is -1.39. The first-order valence-electron chi connectivity index (χ1n) is 9.68. The smallest absolute Gasteiger partial charge is 0.194 e. The standard InChI is InChI=1S/C21H28BrN5O.HI/c1-3-23-21(26(2)16-17-6-8-19(22)9-7-17)25-15-18-5-4-10-24-20(18)27-11-13-28-14-12-27;/h4-10H,3,11-16H2,1-2H3,(H,23,25);1H. The number of nitrogens with one attached hydrogen (secondary N) is 1. The Kier molecular flexibility index (Phi) is 10.2. The van der Waals surface area contributed by atoms with E-state index < -0.39 is 0 Å². The molecule has 1 N–H and O–H groups in total. The second-order valence-corrected chi connectivity index (χ2v) is 7.65. The molecule has 1 aliphatic rings. The van der Waals surface area contributed by atoms with Crippen LogP contribution in [0.4, 0.5) is 5.82 Å². The number of hydrogen-bond donors (Lipinski definition) is 1. The summed E-state index contributed by atoms with van der Waals surface area (Å²) in [5.41, 5.74) is 2.38. The van der Waals surface area contributed by atoms with Gasteiger partial charge in [0.15, 0.2) is 5.96 Å². The molecule has 0 spiro atoms. The minimum Gasteiger partial charge on any atom is -0.378 e. The van der Waals surface area contributed by atoms with Crippen LogP contribution in [-0.2, 0) is 17.8 Å². The Labute approximate surface area is 198 Å². The van der Waals surface area contributed by atoms with E-state index in [-0.39, 0.29) is 24.0 Å². The average Bonchev–Trinajstić information content (AvgIpc) is 2.73. The molecule has 0 bridgehead atoms. The fourth-order valence-corrected chi connectivity index (χ4v) is 3.45. The normalized spacial score (nSPS) is 14.3.